The zero-order valence-electron chi connectivity index (χ0n) is 14.1. The van der Waals surface area contributed by atoms with Crippen LogP contribution in [0.2, 0.25) is 0 Å². The lowest BCUT2D eigenvalue weighted by Gasteiger charge is -2.31. The van der Waals surface area contributed by atoms with Gasteiger partial charge in [0.15, 0.2) is 0 Å². The fourth-order valence-electron chi connectivity index (χ4n) is 3.00. The molecule has 1 aliphatic rings. The van der Waals surface area contributed by atoms with E-state index in [-0.39, 0.29) is 22.9 Å². The first-order valence-electron chi connectivity index (χ1n) is 8.33. The van der Waals surface area contributed by atoms with Gasteiger partial charge in [-0.15, -0.1) is 5.10 Å². The number of rotatable bonds is 5. The highest BCUT2D eigenvalue weighted by Gasteiger charge is 2.28. The summed E-state index contributed by atoms with van der Waals surface area (Å²) in [6, 6.07) is 7.48. The van der Waals surface area contributed by atoms with Crippen molar-refractivity contribution in [1.82, 2.24) is 15.1 Å². The summed E-state index contributed by atoms with van der Waals surface area (Å²) in [5.41, 5.74) is 1.83. The number of hydrogen-bond donors (Lipinski definition) is 0. The molecule has 0 saturated carbocycles. The fraction of sp³-hybridized carbons (Fsp3) is 0.529. The number of hydrogen-bond acceptors (Lipinski definition) is 6. The van der Waals surface area contributed by atoms with Gasteiger partial charge in [-0.2, -0.15) is 0 Å². The molecule has 130 valence electrons. The number of sulfone groups is 1. The Morgan fingerprint density at radius 1 is 1.12 bits per heavy atom. The number of piperidine rings is 1. The molecule has 0 spiro atoms. The van der Waals surface area contributed by atoms with Gasteiger partial charge in [0.25, 0.3) is 0 Å². The van der Waals surface area contributed by atoms with Crippen LogP contribution < -0.4 is 0 Å². The predicted octanol–water partition coefficient (Wildman–Crippen LogP) is 2.69. The molecule has 0 bridgehead atoms. The molecular formula is C17H23N3O3S. The average Bonchev–Trinajstić information content (AvgIpc) is 3.07. The van der Waals surface area contributed by atoms with E-state index in [0.717, 1.165) is 37.1 Å². The third-order valence-corrected chi connectivity index (χ3v) is 6.06. The first kappa shape index (κ1) is 17.1. The molecule has 1 aliphatic heterocycles. The molecule has 1 atom stereocenters. The fourth-order valence-corrected chi connectivity index (χ4v) is 4.36. The minimum absolute atomic E-state index is 0.00251. The second-order valence-electron chi connectivity index (χ2n) is 6.47. The Kier molecular flexibility index (Phi) is 5.01. The van der Waals surface area contributed by atoms with E-state index in [1.54, 1.807) is 0 Å². The molecule has 24 heavy (non-hydrogen) atoms. The van der Waals surface area contributed by atoms with E-state index in [1.807, 2.05) is 38.1 Å². The van der Waals surface area contributed by atoms with Crippen molar-refractivity contribution in [2.24, 2.45) is 0 Å². The lowest BCUT2D eigenvalue weighted by atomic mass is 10.1. The molecule has 0 aliphatic carbocycles. The quantitative estimate of drug-likeness (QED) is 0.826. The van der Waals surface area contributed by atoms with Crippen LogP contribution >= 0.6 is 0 Å². The van der Waals surface area contributed by atoms with Crippen LogP contribution in [0.1, 0.15) is 31.7 Å². The van der Waals surface area contributed by atoms with Crippen molar-refractivity contribution in [3.8, 4) is 11.5 Å². The maximum absolute atomic E-state index is 12.6. The molecule has 6 nitrogen and oxygen atoms in total. The van der Waals surface area contributed by atoms with Crippen LogP contribution in [0.3, 0.4) is 0 Å². The summed E-state index contributed by atoms with van der Waals surface area (Å²) in [6.45, 7) is 5.83. The Hall–Kier alpha value is -1.73. The molecular weight excluding hydrogens is 326 g/mol. The van der Waals surface area contributed by atoms with Gasteiger partial charge in [0.2, 0.25) is 15.7 Å². The van der Waals surface area contributed by atoms with E-state index in [1.165, 1.54) is 6.42 Å². The van der Waals surface area contributed by atoms with Gasteiger partial charge in [0.1, 0.15) is 0 Å². The Labute approximate surface area is 142 Å². The van der Waals surface area contributed by atoms with Crippen molar-refractivity contribution in [2.75, 3.05) is 18.8 Å². The van der Waals surface area contributed by atoms with Crippen molar-refractivity contribution in [2.45, 2.75) is 44.4 Å². The lowest BCUT2D eigenvalue weighted by Crippen LogP contribution is -2.41. The minimum atomic E-state index is -3.59. The van der Waals surface area contributed by atoms with Crippen LogP contribution in [0.15, 0.2) is 33.9 Å². The number of aryl methyl sites for hydroxylation is 1. The van der Waals surface area contributed by atoms with E-state index in [2.05, 4.69) is 15.1 Å². The number of aromatic nitrogens is 2. The lowest BCUT2D eigenvalue weighted by molar-refractivity contribution is 0.186. The van der Waals surface area contributed by atoms with E-state index in [9.17, 15) is 8.42 Å². The maximum Gasteiger partial charge on any atom is 0.335 e. The number of likely N-dealkylation sites (tertiary alicyclic amines) is 1. The summed E-state index contributed by atoms with van der Waals surface area (Å²) in [4.78, 5) is 2.22. The molecule has 0 N–H and O–H groups in total. The van der Waals surface area contributed by atoms with Crippen molar-refractivity contribution in [3.63, 3.8) is 0 Å². The van der Waals surface area contributed by atoms with Crippen molar-refractivity contribution >= 4 is 9.84 Å². The van der Waals surface area contributed by atoms with E-state index in [0.29, 0.717) is 0 Å². The SMILES string of the molecule is Cc1ccc(-c2nnc(S(=O)(=O)CC(C)N3CCCCC3)o2)cc1. The largest absolute Gasteiger partial charge is 0.408 e. The Morgan fingerprint density at radius 3 is 2.46 bits per heavy atom. The molecule has 1 aromatic heterocycles. The summed E-state index contributed by atoms with van der Waals surface area (Å²) in [7, 11) is -3.59. The van der Waals surface area contributed by atoms with Crippen LogP contribution in [-0.2, 0) is 9.84 Å². The smallest absolute Gasteiger partial charge is 0.335 e. The van der Waals surface area contributed by atoms with Crippen LogP contribution in [0.4, 0.5) is 0 Å². The zero-order chi connectivity index (χ0) is 17.2. The molecule has 2 heterocycles. The first-order chi connectivity index (χ1) is 11.5. The zero-order valence-corrected chi connectivity index (χ0v) is 14.9. The molecule has 1 fully saturated rings. The second-order valence-corrected chi connectivity index (χ2v) is 8.38. The summed E-state index contributed by atoms with van der Waals surface area (Å²) >= 11 is 0. The molecule has 0 radical (unpaired) electrons. The minimum Gasteiger partial charge on any atom is -0.408 e. The maximum atomic E-state index is 12.6. The molecule has 1 saturated heterocycles. The molecule has 1 unspecified atom stereocenters. The van der Waals surface area contributed by atoms with Gasteiger partial charge < -0.3 is 4.42 Å². The van der Waals surface area contributed by atoms with Gasteiger partial charge in [-0.3, -0.25) is 4.90 Å². The van der Waals surface area contributed by atoms with Crippen LogP contribution in [0, 0.1) is 6.92 Å². The van der Waals surface area contributed by atoms with Gasteiger partial charge in [0.05, 0.1) is 5.75 Å². The topological polar surface area (TPSA) is 76.3 Å². The van der Waals surface area contributed by atoms with Crippen LogP contribution in [0.5, 0.6) is 0 Å². The molecule has 2 aromatic rings. The van der Waals surface area contributed by atoms with Gasteiger partial charge in [-0.1, -0.05) is 29.2 Å². The summed E-state index contributed by atoms with van der Waals surface area (Å²) < 4.78 is 30.6. The van der Waals surface area contributed by atoms with E-state index < -0.39 is 9.84 Å². The van der Waals surface area contributed by atoms with Crippen molar-refractivity contribution < 1.29 is 12.8 Å². The number of benzene rings is 1. The second kappa shape index (κ2) is 7.03. The van der Waals surface area contributed by atoms with Crippen molar-refractivity contribution in [3.05, 3.63) is 29.8 Å². The molecule has 1 aromatic carbocycles. The van der Waals surface area contributed by atoms with Gasteiger partial charge in [0, 0.05) is 11.6 Å². The Morgan fingerprint density at radius 2 is 1.79 bits per heavy atom. The highest BCUT2D eigenvalue weighted by atomic mass is 32.2. The third-order valence-electron chi connectivity index (χ3n) is 4.45. The predicted molar refractivity (Wildman–Crippen MR) is 91.4 cm³/mol. The van der Waals surface area contributed by atoms with Gasteiger partial charge in [-0.05, 0) is 51.9 Å². The molecule has 7 heteroatoms. The molecule has 3 rings (SSSR count). The Bertz CT molecular complexity index is 778. The van der Waals surface area contributed by atoms with Gasteiger partial charge in [-0.25, -0.2) is 8.42 Å². The van der Waals surface area contributed by atoms with Crippen LogP contribution in [-0.4, -0.2) is 48.4 Å². The van der Waals surface area contributed by atoms with Crippen molar-refractivity contribution in [1.29, 1.82) is 0 Å². The summed E-state index contributed by atoms with van der Waals surface area (Å²) in [5.74, 6) is 0.238. The van der Waals surface area contributed by atoms with E-state index >= 15 is 0 Å². The highest BCUT2D eigenvalue weighted by Crippen LogP contribution is 2.22. The first-order valence-corrected chi connectivity index (χ1v) is 9.98. The standard InChI is InChI=1S/C17H23N3O3S/c1-13-6-8-15(9-7-13)16-18-19-17(23-16)24(21,22)12-14(2)20-10-4-3-5-11-20/h6-9,14H,3-5,10-12H2,1-2H3. The average molecular weight is 349 g/mol. The highest BCUT2D eigenvalue weighted by molar-refractivity contribution is 7.91. The summed E-state index contributed by atoms with van der Waals surface area (Å²) in [6.07, 6.45) is 3.48. The summed E-state index contributed by atoms with van der Waals surface area (Å²) in [5, 5.41) is 7.36. The Balaban J connectivity index is 1.74. The normalized spacial score (nSPS) is 17.8. The van der Waals surface area contributed by atoms with Crippen LogP contribution in [0.25, 0.3) is 11.5 Å². The van der Waals surface area contributed by atoms with E-state index in [4.69, 9.17) is 4.42 Å². The number of nitrogens with zero attached hydrogens (tertiary/aromatic N) is 3. The van der Waals surface area contributed by atoms with Gasteiger partial charge >= 0.3 is 5.22 Å². The monoisotopic (exact) mass is 349 g/mol. The molecule has 0 amide bonds. The third kappa shape index (κ3) is 3.84.